The lowest BCUT2D eigenvalue weighted by atomic mass is 9.95. The SMILES string of the molecule is [2H]c1c([2H])c(N(c2ccc(-c3cccc4ccccc34)cc2)c2ccccc2-c2cccc3oc4c5ccccc5ccc4c23)c([2H])c([2H])c1-c1ccc(-c2ccccc2)cc1. The van der Waals surface area contributed by atoms with Gasteiger partial charge in [0.15, 0.2) is 0 Å². The van der Waals surface area contributed by atoms with Crippen LogP contribution in [0.3, 0.4) is 0 Å². The highest BCUT2D eigenvalue weighted by Gasteiger charge is 2.21. The molecule has 0 N–H and O–H groups in total. The number of hydrogen-bond donors (Lipinski definition) is 0. The van der Waals surface area contributed by atoms with Crippen molar-refractivity contribution in [2.75, 3.05) is 4.90 Å². The van der Waals surface area contributed by atoms with Crippen molar-refractivity contribution in [3.8, 4) is 44.5 Å². The Balaban J connectivity index is 1.12. The highest BCUT2D eigenvalue weighted by atomic mass is 16.3. The van der Waals surface area contributed by atoms with Gasteiger partial charge in [0.05, 0.1) is 11.2 Å². The summed E-state index contributed by atoms with van der Waals surface area (Å²) in [5, 5.41) is 6.37. The summed E-state index contributed by atoms with van der Waals surface area (Å²) in [6, 6.07) is 66.6. The average molecular weight is 744 g/mol. The van der Waals surface area contributed by atoms with E-state index in [4.69, 9.17) is 4.42 Å². The van der Waals surface area contributed by atoms with E-state index in [2.05, 4.69) is 84.9 Å². The van der Waals surface area contributed by atoms with Gasteiger partial charge in [0.2, 0.25) is 0 Å². The first kappa shape index (κ1) is 29.6. The first-order valence-corrected chi connectivity index (χ1v) is 19.5. The lowest BCUT2D eigenvalue weighted by Gasteiger charge is -2.28. The first-order chi connectivity index (χ1) is 30.4. The maximum Gasteiger partial charge on any atom is 0.143 e. The molecule has 0 spiro atoms. The molecule has 11 rings (SSSR count). The van der Waals surface area contributed by atoms with Gasteiger partial charge in [0.25, 0.3) is 0 Å². The Kier molecular flexibility index (Phi) is 7.20. The molecular weight excluding hydrogens is 703 g/mol. The van der Waals surface area contributed by atoms with Crippen LogP contribution in [0, 0.1) is 0 Å². The average Bonchev–Trinajstić information content (AvgIpc) is 3.73. The summed E-state index contributed by atoms with van der Waals surface area (Å²) >= 11 is 0. The van der Waals surface area contributed by atoms with Gasteiger partial charge >= 0.3 is 0 Å². The molecule has 0 radical (unpaired) electrons. The zero-order valence-electron chi connectivity index (χ0n) is 35.4. The number of nitrogens with zero attached hydrogens (tertiary/aromatic N) is 1. The van der Waals surface area contributed by atoms with Crippen LogP contribution in [0.1, 0.15) is 5.48 Å². The van der Waals surface area contributed by atoms with Crippen LogP contribution < -0.4 is 4.90 Å². The molecule has 0 fully saturated rings. The molecule has 0 saturated carbocycles. The van der Waals surface area contributed by atoms with Crippen LogP contribution in [0.25, 0.3) is 88.0 Å². The standard InChI is InChI=1S/C56H37NO/c1-2-12-38(13-3-1)39-24-26-40(27-25-39)41-28-33-45(34-29-41)57(46-35-30-44(31-36-46)48-20-10-16-42-14-4-6-17-47(42)48)53-22-9-8-19-50(53)51-21-11-23-54-55(51)52-37-32-43-15-5-7-18-49(43)56(52)58-54/h1-37H/i28D,29D,33D,34D. The van der Waals surface area contributed by atoms with Gasteiger partial charge in [0, 0.05) is 33.1 Å². The van der Waals surface area contributed by atoms with Crippen LogP contribution in [0.15, 0.2) is 229 Å². The molecule has 10 aromatic carbocycles. The van der Waals surface area contributed by atoms with Gasteiger partial charge in [0.1, 0.15) is 11.2 Å². The molecule has 0 aliphatic carbocycles. The number of hydrogen-bond acceptors (Lipinski definition) is 2. The maximum atomic E-state index is 9.71. The minimum absolute atomic E-state index is 0.113. The van der Waals surface area contributed by atoms with E-state index in [-0.39, 0.29) is 35.4 Å². The number of rotatable bonds is 7. The van der Waals surface area contributed by atoms with Crippen molar-refractivity contribution in [2.45, 2.75) is 0 Å². The van der Waals surface area contributed by atoms with Crippen LogP contribution in [-0.4, -0.2) is 0 Å². The van der Waals surface area contributed by atoms with Crippen molar-refractivity contribution >= 4 is 60.5 Å². The summed E-state index contributed by atoms with van der Waals surface area (Å²) in [5.41, 5.74) is 9.95. The summed E-state index contributed by atoms with van der Waals surface area (Å²) in [6.45, 7) is 0. The van der Waals surface area contributed by atoms with Crippen LogP contribution in [-0.2, 0) is 0 Å². The van der Waals surface area contributed by atoms with Crippen molar-refractivity contribution < 1.29 is 9.90 Å². The van der Waals surface area contributed by atoms with Crippen molar-refractivity contribution in [1.29, 1.82) is 0 Å². The van der Waals surface area contributed by atoms with Crippen molar-refractivity contribution in [3.63, 3.8) is 0 Å². The van der Waals surface area contributed by atoms with E-state index in [1.54, 1.807) is 0 Å². The zero-order valence-corrected chi connectivity index (χ0v) is 31.4. The molecule has 1 aromatic heterocycles. The summed E-state index contributed by atoms with van der Waals surface area (Å²) < 4.78 is 45.0. The third-order valence-electron chi connectivity index (χ3n) is 11.2. The quantitative estimate of drug-likeness (QED) is 0.162. The fourth-order valence-electron chi connectivity index (χ4n) is 8.35. The van der Waals surface area contributed by atoms with Crippen molar-refractivity contribution in [2.24, 2.45) is 0 Å². The Morgan fingerprint density at radius 2 is 0.914 bits per heavy atom. The Morgan fingerprint density at radius 1 is 0.345 bits per heavy atom. The van der Waals surface area contributed by atoms with Gasteiger partial charge in [-0.15, -0.1) is 0 Å². The second-order valence-corrected chi connectivity index (χ2v) is 14.5. The fraction of sp³-hybridized carbons (Fsp3) is 0. The minimum atomic E-state index is -0.139. The maximum absolute atomic E-state index is 9.71. The van der Waals surface area contributed by atoms with Crippen molar-refractivity contribution in [3.05, 3.63) is 224 Å². The van der Waals surface area contributed by atoms with E-state index in [1.165, 1.54) is 0 Å². The number of fused-ring (bicyclic) bond motifs is 6. The molecule has 272 valence electrons. The second kappa shape index (κ2) is 14.1. The lowest BCUT2D eigenvalue weighted by Crippen LogP contribution is -2.11. The molecule has 0 aliphatic heterocycles. The highest BCUT2D eigenvalue weighted by molar-refractivity contribution is 6.19. The number of furan rings is 1. The number of para-hydroxylation sites is 1. The largest absolute Gasteiger partial charge is 0.455 e. The van der Waals surface area contributed by atoms with Gasteiger partial charge in [-0.05, 0) is 97.5 Å². The lowest BCUT2D eigenvalue weighted by molar-refractivity contribution is 0.673. The number of benzene rings is 10. The van der Waals surface area contributed by atoms with Crippen LogP contribution >= 0.6 is 0 Å². The summed E-state index contributed by atoms with van der Waals surface area (Å²) in [6.07, 6.45) is 0. The minimum Gasteiger partial charge on any atom is -0.455 e. The Bertz CT molecular complexity index is 3470. The molecule has 2 heteroatoms. The molecule has 11 aromatic rings. The van der Waals surface area contributed by atoms with Gasteiger partial charge in [-0.1, -0.05) is 182 Å². The molecular formula is C56H37NO. The van der Waals surface area contributed by atoms with Gasteiger partial charge < -0.3 is 9.32 Å². The summed E-state index contributed by atoms with van der Waals surface area (Å²) in [5.74, 6) is 0. The molecule has 1 heterocycles. The van der Waals surface area contributed by atoms with E-state index in [9.17, 15) is 5.48 Å². The Labute approximate surface area is 343 Å². The fourth-order valence-corrected chi connectivity index (χ4v) is 8.35. The second-order valence-electron chi connectivity index (χ2n) is 14.5. The molecule has 2 nitrogen and oxygen atoms in total. The Hall–Kier alpha value is -7.68. The molecule has 58 heavy (non-hydrogen) atoms. The summed E-state index contributed by atoms with van der Waals surface area (Å²) in [4.78, 5) is 1.89. The first-order valence-electron chi connectivity index (χ1n) is 21.5. The smallest absolute Gasteiger partial charge is 0.143 e. The van der Waals surface area contributed by atoms with Gasteiger partial charge in [-0.25, -0.2) is 0 Å². The summed E-state index contributed by atoms with van der Waals surface area (Å²) in [7, 11) is 0. The van der Waals surface area contributed by atoms with Gasteiger partial charge in [-0.2, -0.15) is 0 Å². The molecule has 0 saturated heterocycles. The third kappa shape index (κ3) is 5.82. The van der Waals surface area contributed by atoms with E-state index < -0.39 is 0 Å². The van der Waals surface area contributed by atoms with E-state index >= 15 is 0 Å². The van der Waals surface area contributed by atoms with Crippen molar-refractivity contribution in [1.82, 2.24) is 0 Å². The molecule has 0 bridgehead atoms. The highest BCUT2D eigenvalue weighted by Crippen LogP contribution is 2.46. The predicted octanol–water partition coefficient (Wildman–Crippen LogP) is 16.0. The zero-order chi connectivity index (χ0) is 41.9. The monoisotopic (exact) mass is 743 g/mol. The van der Waals surface area contributed by atoms with Crippen LogP contribution in [0.5, 0.6) is 0 Å². The van der Waals surface area contributed by atoms with Gasteiger partial charge in [-0.3, -0.25) is 0 Å². The molecule has 0 amide bonds. The van der Waals surface area contributed by atoms with E-state index in [0.717, 1.165) is 76.9 Å². The molecule has 0 unspecified atom stereocenters. The van der Waals surface area contributed by atoms with E-state index in [1.807, 2.05) is 120 Å². The number of anilines is 3. The molecule has 0 aliphatic rings. The topological polar surface area (TPSA) is 16.4 Å². The predicted molar refractivity (Wildman–Crippen MR) is 245 cm³/mol. The van der Waals surface area contributed by atoms with E-state index in [0.29, 0.717) is 16.9 Å². The van der Waals surface area contributed by atoms with Crippen LogP contribution in [0.2, 0.25) is 0 Å². The normalized spacial score (nSPS) is 12.4. The van der Waals surface area contributed by atoms with Crippen LogP contribution in [0.4, 0.5) is 17.1 Å². The third-order valence-corrected chi connectivity index (χ3v) is 11.2. The Morgan fingerprint density at radius 3 is 1.71 bits per heavy atom. The molecule has 0 atom stereocenters.